The van der Waals surface area contributed by atoms with Crippen molar-refractivity contribution in [2.24, 2.45) is 5.92 Å². The number of hydrogen-bond acceptors (Lipinski definition) is 5. The van der Waals surface area contributed by atoms with Gasteiger partial charge in [0.05, 0.1) is 12.6 Å². The van der Waals surface area contributed by atoms with Crippen molar-refractivity contribution in [1.29, 1.82) is 0 Å². The van der Waals surface area contributed by atoms with Gasteiger partial charge >= 0.3 is 12.0 Å². The third kappa shape index (κ3) is 8.14. The van der Waals surface area contributed by atoms with Gasteiger partial charge in [0.15, 0.2) is 5.78 Å². The summed E-state index contributed by atoms with van der Waals surface area (Å²) in [5.74, 6) is -0.541. The van der Waals surface area contributed by atoms with E-state index in [0.717, 1.165) is 19.3 Å². The van der Waals surface area contributed by atoms with Gasteiger partial charge in [0.2, 0.25) is 0 Å². The molecule has 0 saturated carbocycles. The van der Waals surface area contributed by atoms with Gasteiger partial charge in [-0.25, -0.2) is 4.79 Å². The molecule has 0 spiro atoms. The number of carbonyl (C=O) groups excluding carboxylic acids is 2. The second-order valence-corrected chi connectivity index (χ2v) is 8.22. The summed E-state index contributed by atoms with van der Waals surface area (Å²) >= 11 is 0. The third-order valence-corrected chi connectivity index (χ3v) is 5.40. The van der Waals surface area contributed by atoms with E-state index in [1.807, 2.05) is 25.8 Å². The number of carboxylic acids is 1. The number of ketones is 1. The highest BCUT2D eigenvalue weighted by atomic mass is 16.4. The molecular weight excluding hydrogens is 360 g/mol. The number of amides is 2. The Labute approximate surface area is 169 Å². The van der Waals surface area contributed by atoms with Gasteiger partial charge in [0.25, 0.3) is 0 Å². The zero-order valence-corrected chi connectivity index (χ0v) is 18.1. The van der Waals surface area contributed by atoms with Crippen LogP contribution in [0.4, 0.5) is 4.79 Å². The first-order valence-electron chi connectivity index (χ1n) is 10.4. The van der Waals surface area contributed by atoms with Crippen molar-refractivity contribution in [2.75, 3.05) is 46.3 Å². The van der Waals surface area contributed by atoms with Crippen molar-refractivity contribution in [1.82, 2.24) is 20.0 Å². The Morgan fingerprint density at radius 2 is 1.64 bits per heavy atom. The molecule has 1 aliphatic rings. The van der Waals surface area contributed by atoms with Gasteiger partial charge in [-0.05, 0) is 40.2 Å². The fraction of sp³-hybridized carbons (Fsp3) is 0.850. The van der Waals surface area contributed by atoms with Crippen LogP contribution in [0.3, 0.4) is 0 Å². The lowest BCUT2D eigenvalue weighted by Crippen LogP contribution is -2.52. The number of nitrogens with one attached hydrogen (secondary N) is 1. The maximum absolute atomic E-state index is 12.5. The molecule has 1 unspecified atom stereocenters. The number of aliphatic carboxylic acids is 1. The topological polar surface area (TPSA) is 93.2 Å². The van der Waals surface area contributed by atoms with E-state index in [9.17, 15) is 14.4 Å². The van der Waals surface area contributed by atoms with Crippen LogP contribution in [0.25, 0.3) is 0 Å². The number of piperazine rings is 1. The molecule has 1 heterocycles. The predicted molar refractivity (Wildman–Crippen MR) is 109 cm³/mol. The van der Waals surface area contributed by atoms with Crippen LogP contribution >= 0.6 is 0 Å². The predicted octanol–water partition coefficient (Wildman–Crippen LogP) is 1.50. The van der Waals surface area contributed by atoms with Crippen LogP contribution in [-0.2, 0) is 9.59 Å². The van der Waals surface area contributed by atoms with Gasteiger partial charge in [-0.1, -0.05) is 13.8 Å². The lowest BCUT2D eigenvalue weighted by molar-refractivity contribution is -0.138. The Bertz CT molecular complexity index is 516. The molecule has 0 aromatic heterocycles. The molecule has 0 aromatic rings. The van der Waals surface area contributed by atoms with E-state index < -0.39 is 5.97 Å². The van der Waals surface area contributed by atoms with E-state index in [0.29, 0.717) is 38.8 Å². The summed E-state index contributed by atoms with van der Waals surface area (Å²) in [5.41, 5.74) is 0. The molecular formula is C20H38N4O4. The maximum Gasteiger partial charge on any atom is 0.317 e. The van der Waals surface area contributed by atoms with Crippen LogP contribution in [0.5, 0.6) is 0 Å². The standard InChI is InChI=1S/C20H38N4O4/c1-15(2)19(27)17(22(5)16(3)4)8-6-7-9-21-20(28)24-12-10-23(11-13-24)14-18(25)26/h15-17H,6-14H2,1-5H3,(H,21,28)(H,25,26). The number of hydrogen-bond donors (Lipinski definition) is 2. The van der Waals surface area contributed by atoms with E-state index in [2.05, 4.69) is 24.1 Å². The van der Waals surface area contributed by atoms with Crippen molar-refractivity contribution in [3.05, 3.63) is 0 Å². The van der Waals surface area contributed by atoms with Gasteiger partial charge < -0.3 is 15.3 Å². The first-order valence-corrected chi connectivity index (χ1v) is 10.4. The summed E-state index contributed by atoms with van der Waals surface area (Å²) in [6.45, 7) is 10.9. The Morgan fingerprint density at radius 1 is 1.04 bits per heavy atom. The summed E-state index contributed by atoms with van der Waals surface area (Å²) in [4.78, 5) is 41.2. The minimum atomic E-state index is -0.838. The number of nitrogens with zero attached hydrogens (tertiary/aromatic N) is 3. The van der Waals surface area contributed by atoms with Gasteiger partial charge in [0.1, 0.15) is 0 Å². The summed E-state index contributed by atoms with van der Waals surface area (Å²) in [6.07, 6.45) is 2.51. The quantitative estimate of drug-likeness (QED) is 0.513. The van der Waals surface area contributed by atoms with Crippen LogP contribution in [0.2, 0.25) is 0 Å². The number of carbonyl (C=O) groups is 3. The Morgan fingerprint density at radius 3 is 2.14 bits per heavy atom. The summed E-state index contributed by atoms with van der Waals surface area (Å²) < 4.78 is 0. The van der Waals surface area contributed by atoms with E-state index in [1.165, 1.54) is 0 Å². The van der Waals surface area contributed by atoms with Crippen LogP contribution in [0.15, 0.2) is 0 Å². The molecule has 1 atom stereocenters. The monoisotopic (exact) mass is 398 g/mol. The number of urea groups is 1. The lowest BCUT2D eigenvalue weighted by Gasteiger charge is -2.33. The smallest absolute Gasteiger partial charge is 0.317 e. The molecule has 1 aliphatic heterocycles. The van der Waals surface area contributed by atoms with Crippen LogP contribution in [0.1, 0.15) is 47.0 Å². The third-order valence-electron chi connectivity index (χ3n) is 5.40. The van der Waals surface area contributed by atoms with Gasteiger partial charge in [-0.15, -0.1) is 0 Å². The number of unbranched alkanes of at least 4 members (excludes halogenated alkanes) is 1. The van der Waals surface area contributed by atoms with Crippen molar-refractivity contribution < 1.29 is 19.5 Å². The van der Waals surface area contributed by atoms with E-state index in [1.54, 1.807) is 4.90 Å². The van der Waals surface area contributed by atoms with Gasteiger partial charge in [-0.2, -0.15) is 0 Å². The average molecular weight is 399 g/mol. The highest BCUT2D eigenvalue weighted by molar-refractivity contribution is 5.85. The SMILES string of the molecule is CC(C)C(=O)C(CCCCNC(=O)N1CCN(CC(=O)O)CC1)N(C)C(C)C. The summed E-state index contributed by atoms with van der Waals surface area (Å²) in [5, 5.41) is 11.8. The van der Waals surface area contributed by atoms with E-state index in [-0.39, 0.29) is 30.3 Å². The molecule has 0 aromatic carbocycles. The number of Topliss-reactive ketones (excluding diaryl/α,β-unsaturated/α-hetero) is 1. The molecule has 8 nitrogen and oxygen atoms in total. The molecule has 1 rings (SSSR count). The molecule has 28 heavy (non-hydrogen) atoms. The van der Waals surface area contributed by atoms with Crippen molar-refractivity contribution in [3.63, 3.8) is 0 Å². The van der Waals surface area contributed by atoms with Crippen LogP contribution < -0.4 is 5.32 Å². The summed E-state index contributed by atoms with van der Waals surface area (Å²) in [6, 6.07) is 0.147. The summed E-state index contributed by atoms with van der Waals surface area (Å²) in [7, 11) is 2.00. The Kier molecular flexibility index (Phi) is 10.5. The second kappa shape index (κ2) is 12.0. The van der Waals surface area contributed by atoms with E-state index in [4.69, 9.17) is 5.11 Å². The maximum atomic E-state index is 12.5. The number of rotatable bonds is 11. The average Bonchev–Trinajstić information content (AvgIpc) is 2.63. The second-order valence-electron chi connectivity index (χ2n) is 8.22. The minimum absolute atomic E-state index is 0.0192. The highest BCUT2D eigenvalue weighted by Gasteiger charge is 2.26. The van der Waals surface area contributed by atoms with Gasteiger partial charge in [0, 0.05) is 44.7 Å². The molecule has 0 bridgehead atoms. The minimum Gasteiger partial charge on any atom is -0.480 e. The molecule has 0 radical (unpaired) electrons. The van der Waals surface area contributed by atoms with Crippen LogP contribution in [-0.4, -0.2) is 96.0 Å². The van der Waals surface area contributed by atoms with E-state index >= 15 is 0 Å². The number of likely N-dealkylation sites (N-methyl/N-ethyl adjacent to an activating group) is 1. The van der Waals surface area contributed by atoms with Crippen molar-refractivity contribution in [3.8, 4) is 0 Å². The van der Waals surface area contributed by atoms with Gasteiger partial charge in [-0.3, -0.25) is 19.4 Å². The van der Waals surface area contributed by atoms with Crippen molar-refractivity contribution >= 4 is 17.8 Å². The molecule has 8 heteroatoms. The normalized spacial score (nSPS) is 16.6. The fourth-order valence-corrected chi connectivity index (χ4v) is 3.36. The molecule has 0 aliphatic carbocycles. The zero-order chi connectivity index (χ0) is 21.3. The Hall–Kier alpha value is -1.67. The lowest BCUT2D eigenvalue weighted by atomic mass is 9.95. The van der Waals surface area contributed by atoms with Crippen LogP contribution in [0, 0.1) is 5.92 Å². The molecule has 1 saturated heterocycles. The molecule has 2 amide bonds. The van der Waals surface area contributed by atoms with Crippen molar-refractivity contribution in [2.45, 2.75) is 59.0 Å². The molecule has 2 N–H and O–H groups in total. The Balaban J connectivity index is 2.30. The zero-order valence-electron chi connectivity index (χ0n) is 18.1. The molecule has 1 fully saturated rings. The first-order chi connectivity index (χ1) is 13.1. The molecule has 162 valence electrons. The first kappa shape index (κ1) is 24.4. The number of carboxylic acid groups (broad SMARTS) is 1. The fourth-order valence-electron chi connectivity index (χ4n) is 3.36. The largest absolute Gasteiger partial charge is 0.480 e. The highest BCUT2D eigenvalue weighted by Crippen LogP contribution is 2.15.